The molecule has 0 aliphatic heterocycles. The Hall–Kier alpha value is -2.94. The highest BCUT2D eigenvalue weighted by Crippen LogP contribution is 2.17. The SMILES string of the molecule is CCN(CC)c1ccc(C(=O)/C=C/c2ccc3cnccc3c2)cc1. The zero-order chi connectivity index (χ0) is 17.6. The summed E-state index contributed by atoms with van der Waals surface area (Å²) in [6, 6.07) is 15.9. The van der Waals surface area contributed by atoms with E-state index in [0.29, 0.717) is 5.56 Å². The van der Waals surface area contributed by atoms with Crippen molar-refractivity contribution in [3.8, 4) is 0 Å². The van der Waals surface area contributed by atoms with Crippen LogP contribution in [0, 0.1) is 0 Å². The van der Waals surface area contributed by atoms with E-state index in [2.05, 4.69) is 29.8 Å². The summed E-state index contributed by atoms with van der Waals surface area (Å²) in [4.78, 5) is 18.8. The van der Waals surface area contributed by atoms with Crippen LogP contribution in [0.4, 0.5) is 5.69 Å². The number of hydrogen-bond acceptors (Lipinski definition) is 3. The Balaban J connectivity index is 1.75. The summed E-state index contributed by atoms with van der Waals surface area (Å²) in [5.41, 5.74) is 2.86. The quantitative estimate of drug-likeness (QED) is 0.472. The number of carbonyl (C=O) groups excluding carboxylic acids is 1. The molecule has 0 amide bonds. The molecule has 0 saturated carbocycles. The summed E-state index contributed by atoms with van der Waals surface area (Å²) in [7, 11) is 0. The van der Waals surface area contributed by atoms with Gasteiger partial charge in [0, 0.05) is 42.1 Å². The first-order chi connectivity index (χ1) is 12.2. The molecule has 2 aromatic carbocycles. The van der Waals surface area contributed by atoms with Gasteiger partial charge >= 0.3 is 0 Å². The predicted molar refractivity (Wildman–Crippen MR) is 105 cm³/mol. The number of pyridine rings is 1. The van der Waals surface area contributed by atoms with Gasteiger partial charge in [-0.3, -0.25) is 9.78 Å². The van der Waals surface area contributed by atoms with Crippen LogP contribution >= 0.6 is 0 Å². The van der Waals surface area contributed by atoms with Crippen LogP contribution in [0.5, 0.6) is 0 Å². The Bertz CT molecular complexity index is 893. The molecule has 0 bridgehead atoms. The summed E-state index contributed by atoms with van der Waals surface area (Å²) >= 11 is 0. The standard InChI is InChI=1S/C22H22N2O/c1-3-24(4-2)21-10-8-18(9-11-21)22(25)12-6-17-5-7-20-16-23-14-13-19(20)15-17/h5-16H,3-4H2,1-2H3/b12-6+. The van der Waals surface area contributed by atoms with Crippen LogP contribution in [-0.4, -0.2) is 23.9 Å². The number of rotatable bonds is 6. The van der Waals surface area contributed by atoms with Crippen molar-refractivity contribution < 1.29 is 4.79 Å². The molecule has 0 radical (unpaired) electrons. The number of benzene rings is 2. The third-order valence-electron chi connectivity index (χ3n) is 4.37. The van der Waals surface area contributed by atoms with Crippen LogP contribution in [0.2, 0.25) is 0 Å². The van der Waals surface area contributed by atoms with Gasteiger partial charge in [0.05, 0.1) is 0 Å². The van der Waals surface area contributed by atoms with Crippen LogP contribution in [0.15, 0.2) is 67.0 Å². The molecule has 0 spiro atoms. The van der Waals surface area contributed by atoms with Crippen LogP contribution < -0.4 is 4.90 Å². The topological polar surface area (TPSA) is 33.2 Å². The largest absolute Gasteiger partial charge is 0.372 e. The van der Waals surface area contributed by atoms with Crippen LogP contribution in [-0.2, 0) is 0 Å². The van der Waals surface area contributed by atoms with Crippen molar-refractivity contribution in [2.75, 3.05) is 18.0 Å². The number of allylic oxidation sites excluding steroid dienone is 1. The van der Waals surface area contributed by atoms with Gasteiger partial charge < -0.3 is 4.90 Å². The summed E-state index contributed by atoms with van der Waals surface area (Å²) in [6.07, 6.45) is 7.11. The molecular weight excluding hydrogens is 308 g/mol. The second-order valence-electron chi connectivity index (χ2n) is 5.90. The number of ketones is 1. The molecular formula is C22H22N2O. The maximum atomic E-state index is 12.4. The Morgan fingerprint density at radius 3 is 2.48 bits per heavy atom. The Kier molecular flexibility index (Phi) is 5.24. The lowest BCUT2D eigenvalue weighted by molar-refractivity contribution is 0.104. The molecule has 3 heteroatoms. The van der Waals surface area contributed by atoms with Gasteiger partial charge in [0.1, 0.15) is 0 Å². The van der Waals surface area contributed by atoms with Gasteiger partial charge in [-0.2, -0.15) is 0 Å². The fourth-order valence-electron chi connectivity index (χ4n) is 2.90. The van der Waals surface area contributed by atoms with E-state index in [4.69, 9.17) is 0 Å². The van der Waals surface area contributed by atoms with Crippen molar-refractivity contribution in [1.82, 2.24) is 4.98 Å². The minimum Gasteiger partial charge on any atom is -0.372 e. The third kappa shape index (κ3) is 3.94. The Morgan fingerprint density at radius 2 is 1.76 bits per heavy atom. The lowest BCUT2D eigenvalue weighted by atomic mass is 10.1. The number of anilines is 1. The molecule has 3 aromatic rings. The molecule has 25 heavy (non-hydrogen) atoms. The molecule has 1 heterocycles. The number of carbonyl (C=O) groups is 1. The molecule has 3 rings (SSSR count). The molecule has 0 fully saturated rings. The highest BCUT2D eigenvalue weighted by atomic mass is 16.1. The van der Waals surface area contributed by atoms with Gasteiger partial charge in [-0.05, 0) is 67.3 Å². The monoisotopic (exact) mass is 330 g/mol. The second-order valence-corrected chi connectivity index (χ2v) is 5.90. The minimum absolute atomic E-state index is 0.0147. The molecule has 0 saturated heterocycles. The number of nitrogens with zero attached hydrogens (tertiary/aromatic N) is 2. The average Bonchev–Trinajstić information content (AvgIpc) is 2.67. The maximum Gasteiger partial charge on any atom is 0.185 e. The lowest BCUT2D eigenvalue weighted by Crippen LogP contribution is -2.21. The van der Waals surface area contributed by atoms with E-state index in [9.17, 15) is 4.79 Å². The van der Waals surface area contributed by atoms with Crippen LogP contribution in [0.1, 0.15) is 29.8 Å². The van der Waals surface area contributed by atoms with Crippen molar-refractivity contribution in [1.29, 1.82) is 0 Å². The Morgan fingerprint density at radius 1 is 1.00 bits per heavy atom. The van der Waals surface area contributed by atoms with Gasteiger partial charge in [-0.1, -0.05) is 18.2 Å². The van der Waals surface area contributed by atoms with Crippen LogP contribution in [0.3, 0.4) is 0 Å². The van der Waals surface area contributed by atoms with E-state index in [1.54, 1.807) is 12.3 Å². The first-order valence-electron chi connectivity index (χ1n) is 8.62. The first kappa shape index (κ1) is 16.9. The highest BCUT2D eigenvalue weighted by molar-refractivity contribution is 6.07. The summed E-state index contributed by atoms with van der Waals surface area (Å²) < 4.78 is 0. The minimum atomic E-state index is 0.0147. The smallest absolute Gasteiger partial charge is 0.185 e. The lowest BCUT2D eigenvalue weighted by Gasteiger charge is -2.20. The van der Waals surface area contributed by atoms with Crippen molar-refractivity contribution in [2.24, 2.45) is 0 Å². The highest BCUT2D eigenvalue weighted by Gasteiger charge is 2.05. The van der Waals surface area contributed by atoms with Crippen molar-refractivity contribution in [3.05, 3.63) is 78.1 Å². The molecule has 0 aliphatic carbocycles. The summed E-state index contributed by atoms with van der Waals surface area (Å²) in [5, 5.41) is 2.21. The maximum absolute atomic E-state index is 12.4. The summed E-state index contributed by atoms with van der Waals surface area (Å²) in [5.74, 6) is 0.0147. The number of hydrogen-bond donors (Lipinski definition) is 0. The molecule has 0 unspecified atom stereocenters. The van der Waals surface area contributed by atoms with Gasteiger partial charge in [0.2, 0.25) is 0 Å². The van der Waals surface area contributed by atoms with Crippen molar-refractivity contribution >= 4 is 28.3 Å². The van der Waals surface area contributed by atoms with E-state index >= 15 is 0 Å². The average molecular weight is 330 g/mol. The van der Waals surface area contributed by atoms with Crippen molar-refractivity contribution in [2.45, 2.75) is 13.8 Å². The fourth-order valence-corrected chi connectivity index (χ4v) is 2.90. The van der Waals surface area contributed by atoms with Gasteiger partial charge in [-0.25, -0.2) is 0 Å². The fraction of sp³-hybridized carbons (Fsp3) is 0.182. The Labute approximate surface area is 148 Å². The van der Waals surface area contributed by atoms with E-state index in [1.165, 1.54) is 0 Å². The second kappa shape index (κ2) is 7.75. The molecule has 3 nitrogen and oxygen atoms in total. The van der Waals surface area contributed by atoms with E-state index < -0.39 is 0 Å². The number of fused-ring (bicyclic) bond motifs is 1. The number of aromatic nitrogens is 1. The molecule has 0 aliphatic rings. The third-order valence-corrected chi connectivity index (χ3v) is 4.37. The van der Waals surface area contributed by atoms with Gasteiger partial charge in [0.15, 0.2) is 5.78 Å². The normalized spacial score (nSPS) is 11.1. The van der Waals surface area contributed by atoms with Crippen molar-refractivity contribution in [3.63, 3.8) is 0 Å². The van der Waals surface area contributed by atoms with Gasteiger partial charge in [-0.15, -0.1) is 0 Å². The predicted octanol–water partition coefficient (Wildman–Crippen LogP) is 4.98. The summed E-state index contributed by atoms with van der Waals surface area (Å²) in [6.45, 7) is 6.18. The van der Waals surface area contributed by atoms with Gasteiger partial charge in [0.25, 0.3) is 0 Å². The molecule has 0 atom stereocenters. The first-order valence-corrected chi connectivity index (χ1v) is 8.62. The van der Waals surface area contributed by atoms with Crippen LogP contribution in [0.25, 0.3) is 16.8 Å². The van der Waals surface area contributed by atoms with E-state index in [1.807, 2.05) is 54.7 Å². The molecule has 126 valence electrons. The van der Waals surface area contributed by atoms with E-state index in [0.717, 1.165) is 35.1 Å². The molecule has 0 N–H and O–H groups in total. The zero-order valence-corrected chi connectivity index (χ0v) is 14.6. The zero-order valence-electron chi connectivity index (χ0n) is 14.6. The van der Waals surface area contributed by atoms with E-state index in [-0.39, 0.29) is 5.78 Å². The molecule has 1 aromatic heterocycles.